The van der Waals surface area contributed by atoms with Gasteiger partial charge in [0.2, 0.25) is 0 Å². The quantitative estimate of drug-likeness (QED) is 0.672. The lowest BCUT2D eigenvalue weighted by molar-refractivity contribution is 0.670. The van der Waals surface area contributed by atoms with Crippen LogP contribution in [-0.4, -0.2) is 16.1 Å². The molecular formula is C17H21N3S. The standard InChI is InChI=1S/C17H21N3S/c1-2-8-18-12-14-13-20(10-7-15-5-4-11-21-15)17-16(14)6-3-9-19-17/h3-6,9,11,13,18H,2,7-8,10,12H2,1H3. The van der Waals surface area contributed by atoms with Gasteiger partial charge in [-0.1, -0.05) is 13.0 Å². The molecule has 3 aromatic heterocycles. The van der Waals surface area contributed by atoms with Crippen molar-refractivity contribution in [1.82, 2.24) is 14.9 Å². The van der Waals surface area contributed by atoms with Crippen LogP contribution in [0.1, 0.15) is 23.8 Å². The fraction of sp³-hybridized carbons (Fsp3) is 0.353. The van der Waals surface area contributed by atoms with Crippen molar-refractivity contribution in [2.45, 2.75) is 32.9 Å². The first-order valence-electron chi connectivity index (χ1n) is 7.54. The normalized spacial score (nSPS) is 11.3. The molecule has 0 saturated carbocycles. The summed E-state index contributed by atoms with van der Waals surface area (Å²) < 4.78 is 2.29. The number of pyridine rings is 1. The molecule has 0 aromatic carbocycles. The van der Waals surface area contributed by atoms with Crippen molar-refractivity contribution in [2.24, 2.45) is 0 Å². The van der Waals surface area contributed by atoms with Crippen molar-refractivity contribution in [3.63, 3.8) is 0 Å². The summed E-state index contributed by atoms with van der Waals surface area (Å²) in [4.78, 5) is 6.00. The second-order valence-corrected chi connectivity index (χ2v) is 6.26. The monoisotopic (exact) mass is 299 g/mol. The summed E-state index contributed by atoms with van der Waals surface area (Å²) in [6.45, 7) is 5.16. The van der Waals surface area contributed by atoms with Crippen molar-refractivity contribution >= 4 is 22.4 Å². The van der Waals surface area contributed by atoms with Gasteiger partial charge in [0.15, 0.2) is 0 Å². The molecule has 3 heterocycles. The molecule has 0 unspecified atom stereocenters. The number of hydrogen-bond donors (Lipinski definition) is 1. The molecule has 110 valence electrons. The fourth-order valence-corrected chi connectivity index (χ4v) is 3.29. The zero-order chi connectivity index (χ0) is 14.5. The lowest BCUT2D eigenvalue weighted by Gasteiger charge is -2.02. The van der Waals surface area contributed by atoms with Crippen LogP contribution in [0.5, 0.6) is 0 Å². The Morgan fingerprint density at radius 1 is 1.29 bits per heavy atom. The van der Waals surface area contributed by atoms with E-state index < -0.39 is 0 Å². The first kappa shape index (κ1) is 14.3. The summed E-state index contributed by atoms with van der Waals surface area (Å²) in [5, 5.41) is 6.90. The van der Waals surface area contributed by atoms with Crippen molar-refractivity contribution in [1.29, 1.82) is 0 Å². The van der Waals surface area contributed by atoms with Gasteiger partial charge in [0, 0.05) is 35.7 Å². The van der Waals surface area contributed by atoms with E-state index in [-0.39, 0.29) is 0 Å². The predicted molar refractivity (Wildman–Crippen MR) is 89.8 cm³/mol. The molecule has 1 N–H and O–H groups in total. The zero-order valence-electron chi connectivity index (χ0n) is 12.4. The van der Waals surface area contributed by atoms with Crippen molar-refractivity contribution in [3.05, 3.63) is 52.5 Å². The summed E-state index contributed by atoms with van der Waals surface area (Å²) >= 11 is 1.83. The molecule has 0 fully saturated rings. The van der Waals surface area contributed by atoms with Crippen molar-refractivity contribution < 1.29 is 0 Å². The van der Waals surface area contributed by atoms with Gasteiger partial charge >= 0.3 is 0 Å². The average molecular weight is 299 g/mol. The molecule has 21 heavy (non-hydrogen) atoms. The molecule has 0 spiro atoms. The van der Waals surface area contributed by atoms with Crippen LogP contribution in [0.25, 0.3) is 11.0 Å². The lowest BCUT2D eigenvalue weighted by Crippen LogP contribution is -2.13. The van der Waals surface area contributed by atoms with E-state index in [0.717, 1.165) is 38.1 Å². The van der Waals surface area contributed by atoms with E-state index in [9.17, 15) is 0 Å². The van der Waals surface area contributed by atoms with E-state index in [1.54, 1.807) is 0 Å². The Morgan fingerprint density at radius 2 is 2.24 bits per heavy atom. The Labute approximate surface area is 129 Å². The molecule has 3 nitrogen and oxygen atoms in total. The highest BCUT2D eigenvalue weighted by atomic mass is 32.1. The largest absolute Gasteiger partial charge is 0.332 e. The average Bonchev–Trinajstić information content (AvgIpc) is 3.14. The zero-order valence-corrected chi connectivity index (χ0v) is 13.2. The molecule has 0 aliphatic rings. The van der Waals surface area contributed by atoms with Gasteiger partial charge in [-0.05, 0) is 48.5 Å². The summed E-state index contributed by atoms with van der Waals surface area (Å²) in [6.07, 6.45) is 6.37. The number of nitrogens with one attached hydrogen (secondary N) is 1. The van der Waals surface area contributed by atoms with E-state index in [2.05, 4.69) is 51.6 Å². The van der Waals surface area contributed by atoms with Crippen LogP contribution >= 0.6 is 11.3 Å². The Hall–Kier alpha value is -1.65. The van der Waals surface area contributed by atoms with E-state index in [1.165, 1.54) is 15.8 Å². The van der Waals surface area contributed by atoms with Gasteiger partial charge in [-0.25, -0.2) is 4.98 Å². The van der Waals surface area contributed by atoms with Gasteiger partial charge in [-0.15, -0.1) is 11.3 Å². The van der Waals surface area contributed by atoms with Gasteiger partial charge < -0.3 is 9.88 Å². The van der Waals surface area contributed by atoms with E-state index >= 15 is 0 Å². The predicted octanol–water partition coefficient (Wildman–Crippen LogP) is 3.84. The molecule has 0 atom stereocenters. The molecule has 0 saturated heterocycles. The molecular weight excluding hydrogens is 278 g/mol. The van der Waals surface area contributed by atoms with Crippen LogP contribution < -0.4 is 5.32 Å². The molecule has 4 heteroatoms. The number of fused-ring (bicyclic) bond motifs is 1. The number of thiophene rings is 1. The number of aryl methyl sites for hydroxylation is 2. The van der Waals surface area contributed by atoms with Crippen molar-refractivity contribution in [2.75, 3.05) is 6.54 Å². The second-order valence-electron chi connectivity index (χ2n) is 5.23. The fourth-order valence-electron chi connectivity index (χ4n) is 2.59. The van der Waals surface area contributed by atoms with Crippen LogP contribution in [0.2, 0.25) is 0 Å². The number of nitrogens with zero attached hydrogens (tertiary/aromatic N) is 2. The SMILES string of the molecule is CCCNCc1cn(CCc2cccs2)c2ncccc12. The first-order chi connectivity index (χ1) is 10.4. The number of aromatic nitrogens is 2. The molecule has 0 aliphatic heterocycles. The maximum absolute atomic E-state index is 4.57. The third-order valence-electron chi connectivity index (χ3n) is 3.64. The highest BCUT2D eigenvalue weighted by Gasteiger charge is 2.09. The van der Waals surface area contributed by atoms with Crippen LogP contribution in [-0.2, 0) is 19.5 Å². The van der Waals surface area contributed by atoms with Crippen LogP contribution in [0.15, 0.2) is 42.0 Å². The minimum absolute atomic E-state index is 0.919. The second kappa shape index (κ2) is 6.87. The first-order valence-corrected chi connectivity index (χ1v) is 8.42. The summed E-state index contributed by atoms with van der Waals surface area (Å²) in [6, 6.07) is 8.52. The van der Waals surface area contributed by atoms with Gasteiger partial charge in [0.1, 0.15) is 5.65 Å². The number of hydrogen-bond acceptors (Lipinski definition) is 3. The minimum atomic E-state index is 0.919. The minimum Gasteiger partial charge on any atom is -0.332 e. The Kier molecular flexibility index (Phi) is 4.68. The third kappa shape index (κ3) is 3.34. The van der Waals surface area contributed by atoms with Crippen LogP contribution in [0.4, 0.5) is 0 Å². The Balaban J connectivity index is 1.80. The topological polar surface area (TPSA) is 29.9 Å². The van der Waals surface area contributed by atoms with Crippen LogP contribution in [0, 0.1) is 0 Å². The highest BCUT2D eigenvalue weighted by molar-refractivity contribution is 7.09. The Morgan fingerprint density at radius 3 is 3.05 bits per heavy atom. The molecule has 0 bridgehead atoms. The van der Waals surface area contributed by atoms with E-state index in [4.69, 9.17) is 0 Å². The van der Waals surface area contributed by atoms with E-state index in [0.29, 0.717) is 0 Å². The van der Waals surface area contributed by atoms with Gasteiger partial charge in [0.05, 0.1) is 0 Å². The van der Waals surface area contributed by atoms with Gasteiger partial charge in [0.25, 0.3) is 0 Å². The van der Waals surface area contributed by atoms with Gasteiger partial charge in [-0.2, -0.15) is 0 Å². The number of rotatable bonds is 7. The molecule has 0 radical (unpaired) electrons. The maximum atomic E-state index is 4.57. The summed E-state index contributed by atoms with van der Waals surface area (Å²) in [7, 11) is 0. The van der Waals surface area contributed by atoms with E-state index in [1.807, 2.05) is 23.6 Å². The van der Waals surface area contributed by atoms with Crippen molar-refractivity contribution in [3.8, 4) is 0 Å². The summed E-state index contributed by atoms with van der Waals surface area (Å²) in [5.41, 5.74) is 2.44. The van der Waals surface area contributed by atoms with Crippen LogP contribution in [0.3, 0.4) is 0 Å². The molecule has 0 amide bonds. The molecule has 0 aliphatic carbocycles. The third-order valence-corrected chi connectivity index (χ3v) is 4.57. The highest BCUT2D eigenvalue weighted by Crippen LogP contribution is 2.20. The smallest absolute Gasteiger partial charge is 0.140 e. The lowest BCUT2D eigenvalue weighted by atomic mass is 10.2. The Bertz CT molecular complexity index is 685. The van der Waals surface area contributed by atoms with Gasteiger partial charge in [-0.3, -0.25) is 0 Å². The summed E-state index contributed by atoms with van der Waals surface area (Å²) in [5.74, 6) is 0. The maximum Gasteiger partial charge on any atom is 0.140 e. The molecule has 3 rings (SSSR count). The molecule has 3 aromatic rings.